The van der Waals surface area contributed by atoms with Crippen LogP contribution in [0.5, 0.6) is 5.75 Å². The second kappa shape index (κ2) is 7.43. The lowest BCUT2D eigenvalue weighted by atomic mass is 10.2. The molecule has 1 aromatic carbocycles. The molecule has 3 aromatic rings. The summed E-state index contributed by atoms with van der Waals surface area (Å²) in [6, 6.07) is 11.4. The number of benzene rings is 1. The highest BCUT2D eigenvalue weighted by Gasteiger charge is 2.02. The average Bonchev–Trinajstić information content (AvgIpc) is 3.12. The molecule has 0 spiro atoms. The van der Waals surface area contributed by atoms with Crippen LogP contribution in [0.4, 0.5) is 0 Å². The van der Waals surface area contributed by atoms with Crippen molar-refractivity contribution in [3.05, 3.63) is 58.9 Å². The summed E-state index contributed by atoms with van der Waals surface area (Å²) in [5, 5.41) is 7.48. The Morgan fingerprint density at radius 3 is 3.09 bits per heavy atom. The smallest absolute Gasteiger partial charge is 0.252 e. The molecule has 1 N–H and O–H groups in total. The van der Waals surface area contributed by atoms with Crippen LogP contribution in [0.1, 0.15) is 10.4 Å². The molecule has 5 heteroatoms. The van der Waals surface area contributed by atoms with E-state index in [0.29, 0.717) is 12.1 Å². The maximum absolute atomic E-state index is 11.7. The van der Waals surface area contributed by atoms with E-state index in [1.807, 2.05) is 35.7 Å². The Bertz CT molecular complexity index is 863. The highest BCUT2D eigenvalue weighted by molar-refractivity contribution is 7.08. The first-order valence-corrected chi connectivity index (χ1v) is 8.01. The number of carbonyl (C=O) groups is 1. The van der Waals surface area contributed by atoms with Gasteiger partial charge >= 0.3 is 0 Å². The van der Waals surface area contributed by atoms with Gasteiger partial charge in [-0.1, -0.05) is 17.9 Å². The van der Waals surface area contributed by atoms with E-state index in [4.69, 9.17) is 4.74 Å². The monoisotopic (exact) mass is 322 g/mol. The predicted molar refractivity (Wildman–Crippen MR) is 91.7 cm³/mol. The molecule has 2 aromatic heterocycles. The van der Waals surface area contributed by atoms with E-state index in [-0.39, 0.29) is 12.5 Å². The SMILES string of the molecule is O=C(NCC#CCOc1ccc2cccnc2c1)c1ccsc1. The Morgan fingerprint density at radius 1 is 1.26 bits per heavy atom. The van der Waals surface area contributed by atoms with Crippen LogP contribution >= 0.6 is 11.3 Å². The lowest BCUT2D eigenvalue weighted by molar-refractivity contribution is 0.0959. The first kappa shape index (κ1) is 15.1. The van der Waals surface area contributed by atoms with Gasteiger partial charge in [0.15, 0.2) is 0 Å². The first-order valence-electron chi connectivity index (χ1n) is 7.06. The molecule has 1 amide bonds. The largest absolute Gasteiger partial charge is 0.481 e. The van der Waals surface area contributed by atoms with E-state index in [2.05, 4.69) is 22.1 Å². The number of amides is 1. The minimum atomic E-state index is -0.109. The van der Waals surface area contributed by atoms with E-state index in [0.717, 1.165) is 16.7 Å². The van der Waals surface area contributed by atoms with Crippen molar-refractivity contribution in [2.45, 2.75) is 0 Å². The third-order valence-electron chi connectivity index (χ3n) is 3.13. The van der Waals surface area contributed by atoms with Crippen LogP contribution in [-0.4, -0.2) is 24.0 Å². The van der Waals surface area contributed by atoms with Crippen LogP contribution in [0, 0.1) is 11.8 Å². The van der Waals surface area contributed by atoms with Crippen molar-refractivity contribution in [1.29, 1.82) is 0 Å². The third-order valence-corrected chi connectivity index (χ3v) is 3.82. The Balaban J connectivity index is 1.46. The van der Waals surface area contributed by atoms with Crippen LogP contribution in [0.2, 0.25) is 0 Å². The summed E-state index contributed by atoms with van der Waals surface area (Å²) in [4.78, 5) is 16.0. The molecule has 0 aliphatic rings. The Morgan fingerprint density at radius 2 is 2.22 bits per heavy atom. The molecule has 0 radical (unpaired) electrons. The third kappa shape index (κ3) is 4.09. The summed E-state index contributed by atoms with van der Waals surface area (Å²) in [6.07, 6.45) is 1.75. The topological polar surface area (TPSA) is 51.2 Å². The van der Waals surface area contributed by atoms with E-state index >= 15 is 0 Å². The van der Waals surface area contributed by atoms with E-state index in [1.54, 1.807) is 17.6 Å². The molecule has 0 saturated carbocycles. The second-order valence-corrected chi connectivity index (χ2v) is 5.47. The molecule has 114 valence electrons. The average molecular weight is 322 g/mol. The lowest BCUT2D eigenvalue weighted by Crippen LogP contribution is -2.23. The van der Waals surface area contributed by atoms with Gasteiger partial charge in [0.1, 0.15) is 12.4 Å². The Kier molecular flexibility index (Phi) is 4.87. The summed E-state index contributed by atoms with van der Waals surface area (Å²) < 4.78 is 5.57. The number of rotatable bonds is 4. The fraction of sp³-hybridized carbons (Fsp3) is 0.111. The second-order valence-electron chi connectivity index (χ2n) is 4.69. The van der Waals surface area contributed by atoms with Crippen LogP contribution < -0.4 is 10.1 Å². The van der Waals surface area contributed by atoms with Gasteiger partial charge < -0.3 is 10.1 Å². The van der Waals surface area contributed by atoms with Crippen LogP contribution in [0.15, 0.2) is 53.4 Å². The zero-order chi connectivity index (χ0) is 15.9. The van der Waals surface area contributed by atoms with Gasteiger partial charge in [0.05, 0.1) is 17.6 Å². The van der Waals surface area contributed by atoms with E-state index in [1.165, 1.54) is 11.3 Å². The van der Waals surface area contributed by atoms with Crippen molar-refractivity contribution < 1.29 is 9.53 Å². The molecule has 4 nitrogen and oxygen atoms in total. The van der Waals surface area contributed by atoms with E-state index in [9.17, 15) is 4.79 Å². The number of hydrogen-bond donors (Lipinski definition) is 1. The molecule has 0 fully saturated rings. The van der Waals surface area contributed by atoms with Crippen LogP contribution in [0.3, 0.4) is 0 Å². The van der Waals surface area contributed by atoms with Gasteiger partial charge in [-0.3, -0.25) is 9.78 Å². The molecule has 0 aliphatic heterocycles. The fourth-order valence-electron chi connectivity index (χ4n) is 1.99. The van der Waals surface area contributed by atoms with Crippen molar-refractivity contribution in [3.63, 3.8) is 0 Å². The van der Waals surface area contributed by atoms with E-state index < -0.39 is 0 Å². The molecular formula is C18H14N2O2S. The molecule has 3 rings (SSSR count). The molecule has 0 aliphatic carbocycles. The zero-order valence-corrected chi connectivity index (χ0v) is 13.1. The van der Waals surface area contributed by atoms with Gasteiger partial charge in [0.2, 0.25) is 0 Å². The summed E-state index contributed by atoms with van der Waals surface area (Å²) in [6.45, 7) is 0.573. The number of ether oxygens (including phenoxy) is 1. The fourth-order valence-corrected chi connectivity index (χ4v) is 2.63. The molecule has 0 saturated heterocycles. The summed E-state index contributed by atoms with van der Waals surface area (Å²) in [7, 11) is 0. The number of pyridine rings is 1. The number of hydrogen-bond acceptors (Lipinski definition) is 4. The van der Waals surface area contributed by atoms with Gasteiger partial charge in [0, 0.05) is 23.0 Å². The number of carbonyl (C=O) groups excluding carboxylic acids is 1. The predicted octanol–water partition coefficient (Wildman–Crippen LogP) is 3.11. The molecule has 23 heavy (non-hydrogen) atoms. The molecule has 0 atom stereocenters. The van der Waals surface area contributed by atoms with Crippen molar-refractivity contribution >= 4 is 28.1 Å². The van der Waals surface area contributed by atoms with Gasteiger partial charge in [-0.25, -0.2) is 0 Å². The minimum absolute atomic E-state index is 0.109. The van der Waals surface area contributed by atoms with Crippen molar-refractivity contribution in [2.75, 3.05) is 13.2 Å². The van der Waals surface area contributed by atoms with Crippen molar-refractivity contribution in [1.82, 2.24) is 10.3 Å². The van der Waals surface area contributed by atoms with Gasteiger partial charge in [-0.15, -0.1) is 0 Å². The number of nitrogens with zero attached hydrogens (tertiary/aromatic N) is 1. The number of nitrogens with one attached hydrogen (secondary N) is 1. The standard InChI is InChI=1S/C18H14N2O2S/c21-18(15-7-11-23-13-15)20-8-1-2-10-22-16-6-5-14-4-3-9-19-17(14)12-16/h3-7,9,11-13H,8,10H2,(H,20,21). The normalized spacial score (nSPS) is 9.91. The van der Waals surface area contributed by atoms with Crippen LogP contribution in [-0.2, 0) is 0 Å². The van der Waals surface area contributed by atoms with Crippen molar-refractivity contribution in [2.24, 2.45) is 0 Å². The molecule has 2 heterocycles. The number of fused-ring (bicyclic) bond motifs is 1. The highest BCUT2D eigenvalue weighted by atomic mass is 32.1. The molecular weight excluding hydrogens is 308 g/mol. The zero-order valence-electron chi connectivity index (χ0n) is 12.3. The first-order chi connectivity index (χ1) is 11.3. The Labute approximate surface area is 138 Å². The molecule has 0 bridgehead atoms. The number of thiophene rings is 1. The number of aromatic nitrogens is 1. The lowest BCUT2D eigenvalue weighted by Gasteiger charge is -2.03. The van der Waals surface area contributed by atoms with Crippen molar-refractivity contribution in [3.8, 4) is 17.6 Å². The Hall–Kier alpha value is -2.84. The minimum Gasteiger partial charge on any atom is -0.481 e. The van der Waals surface area contributed by atoms with Gasteiger partial charge in [-0.2, -0.15) is 11.3 Å². The summed E-state index contributed by atoms with van der Waals surface area (Å²) in [5.74, 6) is 6.36. The summed E-state index contributed by atoms with van der Waals surface area (Å²) >= 11 is 1.49. The summed E-state index contributed by atoms with van der Waals surface area (Å²) in [5.41, 5.74) is 1.55. The molecule has 0 unspecified atom stereocenters. The maximum atomic E-state index is 11.7. The quantitative estimate of drug-likeness (QED) is 0.751. The van der Waals surface area contributed by atoms with Crippen LogP contribution in [0.25, 0.3) is 10.9 Å². The maximum Gasteiger partial charge on any atom is 0.252 e. The van der Waals surface area contributed by atoms with Gasteiger partial charge in [-0.05, 0) is 29.6 Å². The highest BCUT2D eigenvalue weighted by Crippen LogP contribution is 2.18. The van der Waals surface area contributed by atoms with Gasteiger partial charge in [0.25, 0.3) is 5.91 Å².